The predicted molar refractivity (Wildman–Crippen MR) is 52.5 cm³/mol. The van der Waals surface area contributed by atoms with Crippen molar-refractivity contribution >= 4 is 19.9 Å². The van der Waals surface area contributed by atoms with E-state index in [1.165, 1.54) is 31.7 Å². The Kier molecular flexibility index (Phi) is 8.00. The Labute approximate surface area is 71.9 Å². The zero-order chi connectivity index (χ0) is 7.82. The van der Waals surface area contributed by atoms with E-state index in [1.807, 2.05) is 0 Å². The van der Waals surface area contributed by atoms with E-state index in [0.717, 1.165) is 5.92 Å². The molecule has 0 aliphatic heterocycles. The first-order chi connectivity index (χ1) is 4.85. The van der Waals surface area contributed by atoms with Crippen molar-refractivity contribution in [3.05, 3.63) is 0 Å². The van der Waals surface area contributed by atoms with Gasteiger partial charge in [-0.2, -0.15) is 11.1 Å². The fourth-order valence-corrected chi connectivity index (χ4v) is 3.13. The van der Waals surface area contributed by atoms with Gasteiger partial charge in [0.15, 0.2) is 0 Å². The monoisotopic (exact) mass is 178 g/mol. The zero-order valence-electron chi connectivity index (χ0n) is 7.20. The fraction of sp³-hybridized carbons (Fsp3) is 1.00. The lowest BCUT2D eigenvalue weighted by Crippen LogP contribution is -1.99. The van der Waals surface area contributed by atoms with Crippen LogP contribution in [0.5, 0.6) is 0 Å². The molecular formula is C8H19ClSi. The molecule has 0 bridgehead atoms. The van der Waals surface area contributed by atoms with Gasteiger partial charge in [-0.05, 0) is 12.0 Å². The molecule has 1 unspecified atom stereocenters. The summed E-state index contributed by atoms with van der Waals surface area (Å²) in [6, 6.07) is 1.35. The number of hydrogen-bond acceptors (Lipinski definition) is 0. The molecule has 0 aliphatic rings. The molecule has 62 valence electrons. The van der Waals surface area contributed by atoms with E-state index in [9.17, 15) is 0 Å². The number of hydrogen-bond donors (Lipinski definition) is 0. The van der Waals surface area contributed by atoms with Gasteiger partial charge in [0, 0.05) is 0 Å². The maximum Gasteiger partial charge on any atom is 0.125 e. The van der Waals surface area contributed by atoms with Crippen LogP contribution in [0.25, 0.3) is 0 Å². The van der Waals surface area contributed by atoms with Crippen molar-refractivity contribution in [2.45, 2.75) is 45.6 Å². The second kappa shape index (κ2) is 7.61. The van der Waals surface area contributed by atoms with Crippen LogP contribution in [0.15, 0.2) is 0 Å². The van der Waals surface area contributed by atoms with Gasteiger partial charge in [-0.1, -0.05) is 39.5 Å². The van der Waals surface area contributed by atoms with E-state index in [4.69, 9.17) is 11.1 Å². The molecule has 0 fully saturated rings. The Hall–Kier alpha value is 0.507. The molecule has 0 amide bonds. The van der Waals surface area contributed by atoms with Gasteiger partial charge in [-0.15, -0.1) is 0 Å². The first kappa shape index (κ1) is 10.5. The highest BCUT2D eigenvalue weighted by Crippen LogP contribution is 2.16. The van der Waals surface area contributed by atoms with E-state index in [2.05, 4.69) is 13.8 Å². The Morgan fingerprint density at radius 1 is 1.40 bits per heavy atom. The number of unbranched alkanes of at least 4 members (excludes halogenated alkanes) is 1. The van der Waals surface area contributed by atoms with Gasteiger partial charge < -0.3 is 0 Å². The molecule has 0 aromatic carbocycles. The highest BCUT2D eigenvalue weighted by Gasteiger charge is 2.03. The van der Waals surface area contributed by atoms with Gasteiger partial charge in [0.2, 0.25) is 0 Å². The van der Waals surface area contributed by atoms with Crippen LogP contribution >= 0.6 is 11.1 Å². The number of halogens is 1. The highest BCUT2D eigenvalue weighted by molar-refractivity contribution is 6.93. The third-order valence-corrected chi connectivity index (χ3v) is 3.75. The molecule has 0 aromatic rings. The summed E-state index contributed by atoms with van der Waals surface area (Å²) in [5, 5.41) is 0. The molecule has 0 N–H and O–H groups in total. The van der Waals surface area contributed by atoms with E-state index >= 15 is 0 Å². The maximum atomic E-state index is 5.79. The van der Waals surface area contributed by atoms with Crippen molar-refractivity contribution in [2.24, 2.45) is 5.92 Å². The van der Waals surface area contributed by atoms with Crippen molar-refractivity contribution in [3.8, 4) is 0 Å². The van der Waals surface area contributed by atoms with Crippen LogP contribution in [-0.2, 0) is 0 Å². The summed E-state index contributed by atoms with van der Waals surface area (Å²) in [6.45, 7) is 4.53. The fourth-order valence-electron chi connectivity index (χ4n) is 1.20. The highest BCUT2D eigenvalue weighted by atomic mass is 35.6. The van der Waals surface area contributed by atoms with Crippen molar-refractivity contribution in [2.75, 3.05) is 0 Å². The zero-order valence-corrected chi connectivity index (χ0v) is 9.37. The van der Waals surface area contributed by atoms with Gasteiger partial charge in [0.05, 0.1) is 0 Å². The lowest BCUT2D eigenvalue weighted by molar-refractivity contribution is 0.491. The predicted octanol–water partition coefficient (Wildman–Crippen LogP) is 2.94. The minimum absolute atomic E-state index is 0.200. The third kappa shape index (κ3) is 5.30. The molecule has 0 aromatic heterocycles. The summed E-state index contributed by atoms with van der Waals surface area (Å²) in [6.07, 6.45) is 5.47. The Morgan fingerprint density at radius 3 is 2.50 bits per heavy atom. The van der Waals surface area contributed by atoms with Gasteiger partial charge in [-0.3, -0.25) is 0 Å². The van der Waals surface area contributed by atoms with Gasteiger partial charge in [0.1, 0.15) is 8.83 Å². The summed E-state index contributed by atoms with van der Waals surface area (Å²) < 4.78 is 0. The molecule has 0 saturated heterocycles. The van der Waals surface area contributed by atoms with E-state index in [1.54, 1.807) is 0 Å². The largest absolute Gasteiger partial charge is 0.176 e. The first-order valence-corrected chi connectivity index (χ1v) is 7.54. The molecule has 1 atom stereocenters. The molecule has 0 radical (unpaired) electrons. The average molecular weight is 179 g/mol. The molecule has 0 nitrogen and oxygen atoms in total. The normalized spacial score (nSPS) is 14.7. The van der Waals surface area contributed by atoms with Gasteiger partial charge in [-0.25, -0.2) is 0 Å². The van der Waals surface area contributed by atoms with Gasteiger partial charge in [0.25, 0.3) is 0 Å². The topological polar surface area (TPSA) is 0 Å². The molecule has 0 aliphatic carbocycles. The molecule has 0 saturated carbocycles. The van der Waals surface area contributed by atoms with Crippen molar-refractivity contribution in [1.82, 2.24) is 0 Å². The molecule has 0 heterocycles. The standard InChI is InChI=1S/C8H19ClSi/c1-3-5-6-8(4-2)7-10-9/h8H,3-7,10H2,1-2H3. The molecular weight excluding hydrogens is 160 g/mol. The van der Waals surface area contributed by atoms with Crippen LogP contribution in [-0.4, -0.2) is 8.83 Å². The quantitative estimate of drug-likeness (QED) is 0.434. The van der Waals surface area contributed by atoms with Crippen LogP contribution in [0, 0.1) is 5.92 Å². The number of rotatable bonds is 6. The Morgan fingerprint density at radius 2 is 2.10 bits per heavy atom. The minimum Gasteiger partial charge on any atom is -0.176 e. The van der Waals surface area contributed by atoms with E-state index < -0.39 is 0 Å². The second-order valence-corrected chi connectivity index (χ2v) is 4.98. The van der Waals surface area contributed by atoms with Crippen molar-refractivity contribution in [3.63, 3.8) is 0 Å². The smallest absolute Gasteiger partial charge is 0.125 e. The minimum atomic E-state index is -0.200. The van der Waals surface area contributed by atoms with Crippen molar-refractivity contribution in [1.29, 1.82) is 0 Å². The molecule has 10 heavy (non-hydrogen) atoms. The summed E-state index contributed by atoms with van der Waals surface area (Å²) >= 11 is 5.79. The molecule has 0 rings (SSSR count). The maximum absolute atomic E-state index is 5.79. The van der Waals surface area contributed by atoms with Crippen LogP contribution < -0.4 is 0 Å². The lowest BCUT2D eigenvalue weighted by atomic mass is 10.0. The van der Waals surface area contributed by atoms with Gasteiger partial charge >= 0.3 is 0 Å². The third-order valence-electron chi connectivity index (χ3n) is 2.06. The van der Waals surface area contributed by atoms with Crippen LogP contribution in [0.3, 0.4) is 0 Å². The van der Waals surface area contributed by atoms with Crippen molar-refractivity contribution < 1.29 is 0 Å². The summed E-state index contributed by atoms with van der Waals surface area (Å²) in [7, 11) is -0.200. The van der Waals surface area contributed by atoms with Crippen LogP contribution in [0.4, 0.5) is 0 Å². The summed E-state index contributed by atoms with van der Waals surface area (Å²) in [4.78, 5) is 0. The molecule has 2 heteroatoms. The summed E-state index contributed by atoms with van der Waals surface area (Å²) in [5.74, 6) is 0.948. The first-order valence-electron chi connectivity index (χ1n) is 4.41. The summed E-state index contributed by atoms with van der Waals surface area (Å²) in [5.41, 5.74) is 0. The Balaban J connectivity index is 3.21. The van der Waals surface area contributed by atoms with Crippen LogP contribution in [0.2, 0.25) is 6.04 Å². The average Bonchev–Trinajstić information content (AvgIpc) is 1.98. The lowest BCUT2D eigenvalue weighted by Gasteiger charge is -2.10. The van der Waals surface area contributed by atoms with E-state index in [-0.39, 0.29) is 8.83 Å². The second-order valence-electron chi connectivity index (χ2n) is 2.89. The molecule has 0 spiro atoms. The Bertz CT molecular complexity index is 66.3. The SMILES string of the molecule is CCCCC(CC)C[SiH2]Cl. The van der Waals surface area contributed by atoms with Crippen LogP contribution in [0.1, 0.15) is 39.5 Å². The van der Waals surface area contributed by atoms with E-state index in [0.29, 0.717) is 0 Å².